The maximum Gasteiger partial charge on any atom is 0.222 e. The fourth-order valence-corrected chi connectivity index (χ4v) is 2.70. The molecule has 2 rings (SSSR count). The zero-order valence-electron chi connectivity index (χ0n) is 9.91. The summed E-state index contributed by atoms with van der Waals surface area (Å²) in [7, 11) is 0. The van der Waals surface area contributed by atoms with Crippen LogP contribution in [-0.2, 0) is 4.79 Å². The quantitative estimate of drug-likeness (QED) is 0.824. The van der Waals surface area contributed by atoms with Crippen LogP contribution in [-0.4, -0.2) is 37.0 Å². The van der Waals surface area contributed by atoms with Crippen LogP contribution in [0.5, 0.6) is 0 Å². The molecular formula is C12H23ClN2O. The van der Waals surface area contributed by atoms with Crippen LogP contribution in [0.15, 0.2) is 0 Å². The predicted octanol–water partition coefficient (Wildman–Crippen LogP) is 1.81. The number of carbonyl (C=O) groups excluding carboxylic acids is 1. The molecule has 1 N–H and O–H groups in total. The van der Waals surface area contributed by atoms with E-state index in [1.54, 1.807) is 0 Å². The van der Waals surface area contributed by atoms with Crippen molar-refractivity contribution >= 4 is 18.3 Å². The summed E-state index contributed by atoms with van der Waals surface area (Å²) in [4.78, 5) is 13.9. The van der Waals surface area contributed by atoms with Gasteiger partial charge in [0.25, 0.3) is 0 Å². The molecule has 4 heteroatoms. The number of amides is 1. The number of nitrogens with one attached hydrogen (secondary N) is 1. The van der Waals surface area contributed by atoms with E-state index in [2.05, 4.69) is 5.32 Å². The zero-order chi connectivity index (χ0) is 10.5. The summed E-state index contributed by atoms with van der Waals surface area (Å²) < 4.78 is 0. The summed E-state index contributed by atoms with van der Waals surface area (Å²) in [5.74, 6) is 1.22. The Kier molecular flexibility index (Phi) is 6.14. The first-order valence-electron chi connectivity index (χ1n) is 6.35. The van der Waals surface area contributed by atoms with Crippen LogP contribution >= 0.6 is 12.4 Å². The van der Waals surface area contributed by atoms with Gasteiger partial charge >= 0.3 is 0 Å². The molecule has 0 bridgehead atoms. The highest BCUT2D eigenvalue weighted by Crippen LogP contribution is 2.28. The van der Waals surface area contributed by atoms with Gasteiger partial charge in [0, 0.05) is 32.6 Å². The summed E-state index contributed by atoms with van der Waals surface area (Å²) in [6.07, 6.45) is 7.39. The minimum Gasteiger partial charge on any atom is -0.340 e. The van der Waals surface area contributed by atoms with Gasteiger partial charge in [0.2, 0.25) is 5.91 Å². The van der Waals surface area contributed by atoms with Crippen molar-refractivity contribution in [1.82, 2.24) is 10.2 Å². The summed E-state index contributed by atoms with van der Waals surface area (Å²) in [6.45, 7) is 3.75. The first-order valence-corrected chi connectivity index (χ1v) is 6.35. The van der Waals surface area contributed by atoms with Gasteiger partial charge in [0.1, 0.15) is 0 Å². The molecule has 0 unspecified atom stereocenters. The molecule has 1 amide bonds. The molecule has 3 nitrogen and oxygen atoms in total. The van der Waals surface area contributed by atoms with Crippen LogP contribution in [0, 0.1) is 5.92 Å². The predicted molar refractivity (Wildman–Crippen MR) is 67.9 cm³/mol. The molecule has 0 atom stereocenters. The third kappa shape index (κ3) is 3.95. The van der Waals surface area contributed by atoms with Crippen molar-refractivity contribution in [1.29, 1.82) is 0 Å². The van der Waals surface area contributed by atoms with Crippen LogP contribution in [0.3, 0.4) is 0 Å². The van der Waals surface area contributed by atoms with E-state index in [1.807, 2.05) is 4.90 Å². The standard InChI is InChI=1S/C12H22N2O.ClH/c15-12(14-9-7-13-8-10-14)6-5-11-3-1-2-4-11;/h11,13H,1-10H2;1H. The van der Waals surface area contributed by atoms with Gasteiger partial charge in [-0.25, -0.2) is 0 Å². The minimum atomic E-state index is 0. The maximum atomic E-state index is 11.9. The second-order valence-corrected chi connectivity index (χ2v) is 4.82. The number of piperazine rings is 1. The molecule has 0 spiro atoms. The Morgan fingerprint density at radius 2 is 1.81 bits per heavy atom. The number of hydrogen-bond acceptors (Lipinski definition) is 2. The second kappa shape index (κ2) is 7.13. The second-order valence-electron chi connectivity index (χ2n) is 4.82. The van der Waals surface area contributed by atoms with E-state index < -0.39 is 0 Å². The molecule has 16 heavy (non-hydrogen) atoms. The molecular weight excluding hydrogens is 224 g/mol. The highest BCUT2D eigenvalue weighted by molar-refractivity contribution is 5.85. The van der Waals surface area contributed by atoms with Gasteiger partial charge in [-0.15, -0.1) is 12.4 Å². The normalized spacial score (nSPS) is 21.9. The van der Waals surface area contributed by atoms with E-state index in [-0.39, 0.29) is 12.4 Å². The molecule has 0 aromatic heterocycles. The third-order valence-corrected chi connectivity index (χ3v) is 3.71. The lowest BCUT2D eigenvalue weighted by Gasteiger charge is -2.27. The number of carbonyl (C=O) groups is 1. The van der Waals surface area contributed by atoms with Crippen molar-refractivity contribution in [2.45, 2.75) is 38.5 Å². The number of rotatable bonds is 3. The van der Waals surface area contributed by atoms with Crippen LogP contribution < -0.4 is 5.32 Å². The highest BCUT2D eigenvalue weighted by atomic mass is 35.5. The third-order valence-electron chi connectivity index (χ3n) is 3.71. The summed E-state index contributed by atoms with van der Waals surface area (Å²) in [6, 6.07) is 0. The van der Waals surface area contributed by atoms with Crippen molar-refractivity contribution in [2.75, 3.05) is 26.2 Å². The molecule has 1 aliphatic carbocycles. The van der Waals surface area contributed by atoms with E-state index in [0.717, 1.165) is 44.9 Å². The molecule has 2 aliphatic rings. The Hall–Kier alpha value is -0.280. The number of halogens is 1. The van der Waals surface area contributed by atoms with Gasteiger partial charge in [0.15, 0.2) is 0 Å². The maximum absolute atomic E-state index is 11.9. The van der Waals surface area contributed by atoms with Gasteiger partial charge in [0.05, 0.1) is 0 Å². The van der Waals surface area contributed by atoms with E-state index in [4.69, 9.17) is 0 Å². The van der Waals surface area contributed by atoms with Crippen molar-refractivity contribution in [2.24, 2.45) is 5.92 Å². The van der Waals surface area contributed by atoms with Gasteiger partial charge in [-0.2, -0.15) is 0 Å². The van der Waals surface area contributed by atoms with Crippen molar-refractivity contribution in [3.05, 3.63) is 0 Å². The fourth-order valence-electron chi connectivity index (χ4n) is 2.70. The molecule has 0 aromatic carbocycles. The first kappa shape index (κ1) is 13.8. The minimum absolute atomic E-state index is 0. The lowest BCUT2D eigenvalue weighted by atomic mass is 10.0. The summed E-state index contributed by atoms with van der Waals surface area (Å²) in [5, 5.41) is 3.27. The van der Waals surface area contributed by atoms with E-state index >= 15 is 0 Å². The monoisotopic (exact) mass is 246 g/mol. The average Bonchev–Trinajstić information content (AvgIpc) is 2.80. The molecule has 2 fully saturated rings. The van der Waals surface area contributed by atoms with Gasteiger partial charge in [-0.05, 0) is 12.3 Å². The number of nitrogens with zero attached hydrogens (tertiary/aromatic N) is 1. The van der Waals surface area contributed by atoms with Crippen LogP contribution in [0.25, 0.3) is 0 Å². The summed E-state index contributed by atoms with van der Waals surface area (Å²) in [5.41, 5.74) is 0. The SMILES string of the molecule is Cl.O=C(CCC1CCCC1)N1CCNCC1. The summed E-state index contributed by atoms with van der Waals surface area (Å²) >= 11 is 0. The Balaban J connectivity index is 0.00000128. The smallest absolute Gasteiger partial charge is 0.222 e. The Morgan fingerprint density at radius 1 is 1.19 bits per heavy atom. The van der Waals surface area contributed by atoms with Gasteiger partial charge in [-0.3, -0.25) is 4.79 Å². The zero-order valence-corrected chi connectivity index (χ0v) is 10.7. The lowest BCUT2D eigenvalue weighted by Crippen LogP contribution is -2.46. The molecule has 0 radical (unpaired) electrons. The Bertz CT molecular complexity index is 211. The molecule has 94 valence electrons. The van der Waals surface area contributed by atoms with Crippen LogP contribution in [0.1, 0.15) is 38.5 Å². The van der Waals surface area contributed by atoms with Gasteiger partial charge < -0.3 is 10.2 Å². The van der Waals surface area contributed by atoms with Crippen molar-refractivity contribution in [3.8, 4) is 0 Å². The topological polar surface area (TPSA) is 32.3 Å². The lowest BCUT2D eigenvalue weighted by molar-refractivity contribution is -0.132. The Morgan fingerprint density at radius 3 is 2.44 bits per heavy atom. The molecule has 1 aliphatic heterocycles. The highest BCUT2D eigenvalue weighted by Gasteiger charge is 2.19. The van der Waals surface area contributed by atoms with Gasteiger partial charge in [-0.1, -0.05) is 25.7 Å². The molecule has 1 saturated carbocycles. The molecule has 1 saturated heterocycles. The van der Waals surface area contributed by atoms with E-state index in [1.165, 1.54) is 25.7 Å². The largest absolute Gasteiger partial charge is 0.340 e. The number of hydrogen-bond donors (Lipinski definition) is 1. The van der Waals surface area contributed by atoms with E-state index in [0.29, 0.717) is 5.91 Å². The van der Waals surface area contributed by atoms with Crippen molar-refractivity contribution < 1.29 is 4.79 Å². The van der Waals surface area contributed by atoms with Crippen LogP contribution in [0.2, 0.25) is 0 Å². The average molecular weight is 247 g/mol. The fraction of sp³-hybridized carbons (Fsp3) is 0.917. The van der Waals surface area contributed by atoms with E-state index in [9.17, 15) is 4.79 Å². The molecule has 0 aromatic rings. The molecule has 1 heterocycles. The first-order chi connectivity index (χ1) is 7.36. The van der Waals surface area contributed by atoms with Crippen molar-refractivity contribution in [3.63, 3.8) is 0 Å². The van der Waals surface area contributed by atoms with Crippen LogP contribution in [0.4, 0.5) is 0 Å². The Labute approximate surface area is 104 Å².